The van der Waals surface area contributed by atoms with Crippen molar-refractivity contribution in [1.29, 1.82) is 0 Å². The number of Topliss-reactive ketones (excluding diaryl/α,β-unsaturated/α-hetero) is 1. The number of hydrogen-bond donors (Lipinski definition) is 0. The van der Waals surface area contributed by atoms with E-state index in [0.717, 1.165) is 24.3 Å². The van der Waals surface area contributed by atoms with Crippen LogP contribution in [0, 0.1) is 28.6 Å². The molecule has 0 amide bonds. The van der Waals surface area contributed by atoms with Gasteiger partial charge in [0, 0.05) is 5.57 Å². The Labute approximate surface area is 137 Å². The summed E-state index contributed by atoms with van der Waals surface area (Å²) in [7, 11) is 0. The van der Waals surface area contributed by atoms with Crippen LogP contribution in [0.25, 0.3) is 0 Å². The Kier molecular flexibility index (Phi) is 2.43. The molecule has 5 aliphatic rings. The molecular formula is C20H24O3. The third kappa shape index (κ3) is 1.52. The first-order valence-corrected chi connectivity index (χ1v) is 9.03. The van der Waals surface area contributed by atoms with Crippen LogP contribution in [0.1, 0.15) is 52.9 Å². The van der Waals surface area contributed by atoms with E-state index in [1.807, 2.05) is 0 Å². The molecule has 6 atom stereocenters. The zero-order valence-electron chi connectivity index (χ0n) is 14.1. The van der Waals surface area contributed by atoms with Crippen LogP contribution in [-0.4, -0.2) is 17.9 Å². The number of fused-ring (bicyclic) bond motifs is 6. The monoisotopic (exact) mass is 312 g/mol. The minimum absolute atomic E-state index is 0.0948. The van der Waals surface area contributed by atoms with Gasteiger partial charge >= 0.3 is 5.97 Å². The average Bonchev–Trinajstić information content (AvgIpc) is 3.10. The molecule has 0 aromatic heterocycles. The Morgan fingerprint density at radius 1 is 1.22 bits per heavy atom. The number of carbonyl (C=O) groups excluding carboxylic acids is 2. The first-order valence-electron chi connectivity index (χ1n) is 9.03. The van der Waals surface area contributed by atoms with Gasteiger partial charge in [0.05, 0.1) is 5.57 Å². The minimum atomic E-state index is -0.294. The van der Waals surface area contributed by atoms with Gasteiger partial charge in [-0.25, -0.2) is 4.79 Å². The van der Waals surface area contributed by atoms with Gasteiger partial charge in [0.25, 0.3) is 0 Å². The lowest BCUT2D eigenvalue weighted by Gasteiger charge is -2.54. The minimum Gasteiger partial charge on any atom is -0.454 e. The fourth-order valence-corrected chi connectivity index (χ4v) is 6.57. The molecule has 5 rings (SSSR count). The molecule has 3 nitrogen and oxygen atoms in total. The number of esters is 1. The number of allylic oxidation sites excluding steroid dienone is 2. The summed E-state index contributed by atoms with van der Waals surface area (Å²) in [5.41, 5.74) is 2.83. The maximum absolute atomic E-state index is 13.0. The molecule has 0 bridgehead atoms. The second-order valence-electron chi connectivity index (χ2n) is 8.95. The highest BCUT2D eigenvalue weighted by Gasteiger charge is 2.66. The zero-order valence-corrected chi connectivity index (χ0v) is 14.1. The summed E-state index contributed by atoms with van der Waals surface area (Å²) in [4.78, 5) is 24.9. The third-order valence-corrected chi connectivity index (χ3v) is 8.07. The molecule has 1 heterocycles. The molecule has 0 saturated heterocycles. The summed E-state index contributed by atoms with van der Waals surface area (Å²) in [6, 6.07) is 0. The molecule has 122 valence electrons. The summed E-state index contributed by atoms with van der Waals surface area (Å²) in [5, 5.41) is 0. The highest BCUT2D eigenvalue weighted by molar-refractivity contribution is 6.16. The van der Waals surface area contributed by atoms with E-state index in [-0.39, 0.29) is 29.2 Å². The lowest BCUT2D eigenvalue weighted by Crippen LogP contribution is -2.50. The van der Waals surface area contributed by atoms with Crippen LogP contribution in [-0.2, 0) is 14.3 Å². The van der Waals surface area contributed by atoms with E-state index in [1.54, 1.807) is 6.92 Å². The van der Waals surface area contributed by atoms with Crippen molar-refractivity contribution in [2.75, 3.05) is 0 Å². The largest absolute Gasteiger partial charge is 0.454 e. The van der Waals surface area contributed by atoms with Gasteiger partial charge < -0.3 is 4.74 Å². The molecule has 1 aliphatic heterocycles. The van der Waals surface area contributed by atoms with E-state index in [4.69, 9.17) is 4.74 Å². The number of hydrogen-bond acceptors (Lipinski definition) is 3. The van der Waals surface area contributed by atoms with Crippen molar-refractivity contribution in [3.63, 3.8) is 0 Å². The molecule has 0 aromatic carbocycles. The lowest BCUT2D eigenvalue weighted by molar-refractivity contribution is -0.141. The first-order chi connectivity index (χ1) is 10.9. The van der Waals surface area contributed by atoms with Gasteiger partial charge in [-0.1, -0.05) is 19.9 Å². The predicted octanol–water partition coefficient (Wildman–Crippen LogP) is 3.59. The Balaban J connectivity index is 1.60. The molecule has 6 unspecified atom stereocenters. The summed E-state index contributed by atoms with van der Waals surface area (Å²) in [6.07, 6.45) is 7.64. The average molecular weight is 312 g/mol. The molecule has 0 spiro atoms. The summed E-state index contributed by atoms with van der Waals surface area (Å²) < 4.78 is 5.52. The second kappa shape index (κ2) is 3.99. The van der Waals surface area contributed by atoms with E-state index < -0.39 is 0 Å². The van der Waals surface area contributed by atoms with Crippen LogP contribution in [0.3, 0.4) is 0 Å². The van der Waals surface area contributed by atoms with Crippen molar-refractivity contribution in [1.82, 2.24) is 0 Å². The van der Waals surface area contributed by atoms with E-state index in [9.17, 15) is 9.59 Å². The molecule has 0 N–H and O–H groups in total. The SMILES string of the molecule is CC1=C2C(=O)C3=CCC4C5(C)CC5CCC4(C)C3CC2OC1=O. The van der Waals surface area contributed by atoms with Gasteiger partial charge in [-0.2, -0.15) is 0 Å². The van der Waals surface area contributed by atoms with Crippen LogP contribution in [0.4, 0.5) is 0 Å². The summed E-state index contributed by atoms with van der Waals surface area (Å²) in [5.74, 6) is 1.64. The van der Waals surface area contributed by atoms with E-state index in [1.165, 1.54) is 19.3 Å². The second-order valence-corrected chi connectivity index (χ2v) is 8.95. The maximum atomic E-state index is 13.0. The molecule has 3 saturated carbocycles. The number of rotatable bonds is 0. The van der Waals surface area contributed by atoms with Gasteiger partial charge in [-0.3, -0.25) is 4.79 Å². The number of ether oxygens (including phenoxy) is 1. The lowest BCUT2D eigenvalue weighted by atomic mass is 9.49. The molecule has 23 heavy (non-hydrogen) atoms. The van der Waals surface area contributed by atoms with E-state index in [2.05, 4.69) is 19.9 Å². The molecule has 0 radical (unpaired) electrons. The van der Waals surface area contributed by atoms with Crippen LogP contribution in [0.15, 0.2) is 22.8 Å². The topological polar surface area (TPSA) is 43.4 Å². The fraction of sp³-hybridized carbons (Fsp3) is 0.700. The van der Waals surface area contributed by atoms with Gasteiger partial charge in [-0.05, 0) is 73.2 Å². The Morgan fingerprint density at radius 3 is 2.78 bits per heavy atom. The highest BCUT2D eigenvalue weighted by atomic mass is 16.5. The van der Waals surface area contributed by atoms with Gasteiger partial charge in [-0.15, -0.1) is 0 Å². The standard InChI is InChI=1S/C20H24O3/c1-10-16-14(23-18(10)22)8-13-12(17(16)21)4-5-15-19(13,2)7-6-11-9-20(11,15)3/h4,11,13-15H,5-9H2,1-3H3. The Bertz CT molecular complexity index is 714. The van der Waals surface area contributed by atoms with Gasteiger partial charge in [0.2, 0.25) is 0 Å². The Hall–Kier alpha value is -1.38. The van der Waals surface area contributed by atoms with Crippen LogP contribution in [0.2, 0.25) is 0 Å². The zero-order chi connectivity index (χ0) is 16.1. The third-order valence-electron chi connectivity index (χ3n) is 8.07. The number of carbonyl (C=O) groups is 2. The van der Waals surface area contributed by atoms with Crippen LogP contribution >= 0.6 is 0 Å². The van der Waals surface area contributed by atoms with Crippen LogP contribution in [0.5, 0.6) is 0 Å². The highest BCUT2D eigenvalue weighted by Crippen LogP contribution is 2.73. The van der Waals surface area contributed by atoms with Crippen molar-refractivity contribution < 1.29 is 14.3 Å². The molecule has 3 fully saturated rings. The fourth-order valence-electron chi connectivity index (χ4n) is 6.57. The molecule has 3 heteroatoms. The number of ketones is 1. The first kappa shape index (κ1) is 14.0. The van der Waals surface area contributed by atoms with Gasteiger partial charge in [0.15, 0.2) is 5.78 Å². The molecular weight excluding hydrogens is 288 g/mol. The summed E-state index contributed by atoms with van der Waals surface area (Å²) in [6.45, 7) is 6.59. The molecule has 0 aromatic rings. The Morgan fingerprint density at radius 2 is 2.00 bits per heavy atom. The smallest absolute Gasteiger partial charge is 0.334 e. The van der Waals surface area contributed by atoms with E-state index >= 15 is 0 Å². The van der Waals surface area contributed by atoms with E-state index in [0.29, 0.717) is 22.5 Å². The van der Waals surface area contributed by atoms with Crippen molar-refractivity contribution in [2.45, 2.75) is 59.0 Å². The van der Waals surface area contributed by atoms with Crippen molar-refractivity contribution in [2.24, 2.45) is 28.6 Å². The van der Waals surface area contributed by atoms with Crippen LogP contribution < -0.4 is 0 Å². The normalized spacial score (nSPS) is 50.5. The quantitative estimate of drug-likeness (QED) is 0.642. The molecule has 4 aliphatic carbocycles. The van der Waals surface area contributed by atoms with Crippen molar-refractivity contribution in [3.8, 4) is 0 Å². The van der Waals surface area contributed by atoms with Gasteiger partial charge in [0.1, 0.15) is 6.10 Å². The maximum Gasteiger partial charge on any atom is 0.334 e. The predicted molar refractivity (Wildman–Crippen MR) is 85.4 cm³/mol. The van der Waals surface area contributed by atoms with Crippen molar-refractivity contribution >= 4 is 11.8 Å². The van der Waals surface area contributed by atoms with Crippen molar-refractivity contribution in [3.05, 3.63) is 22.8 Å². The summed E-state index contributed by atoms with van der Waals surface area (Å²) >= 11 is 0.